The molecule has 2 aromatic heterocycles. The van der Waals surface area contributed by atoms with Gasteiger partial charge < -0.3 is 5.73 Å². The summed E-state index contributed by atoms with van der Waals surface area (Å²) >= 11 is 0. The number of primary amides is 1. The Hall–Kier alpha value is -2.28. The van der Waals surface area contributed by atoms with Crippen molar-refractivity contribution in [2.24, 2.45) is 5.73 Å². The van der Waals surface area contributed by atoms with Gasteiger partial charge >= 0.3 is 0 Å². The lowest BCUT2D eigenvalue weighted by atomic mass is 9.95. The van der Waals surface area contributed by atoms with E-state index in [1.54, 1.807) is 12.4 Å². The molecule has 7 nitrogen and oxygen atoms in total. The van der Waals surface area contributed by atoms with Gasteiger partial charge in [0.2, 0.25) is 5.91 Å². The highest BCUT2D eigenvalue weighted by atomic mass is 16.1. The van der Waals surface area contributed by atoms with Gasteiger partial charge in [-0.25, -0.2) is 9.97 Å². The maximum atomic E-state index is 11.1. The van der Waals surface area contributed by atoms with Crippen LogP contribution in [0.3, 0.4) is 0 Å². The third-order valence-electron chi connectivity index (χ3n) is 4.22. The van der Waals surface area contributed by atoms with E-state index >= 15 is 0 Å². The molecule has 3 heterocycles. The van der Waals surface area contributed by atoms with Gasteiger partial charge in [-0.15, -0.1) is 0 Å². The van der Waals surface area contributed by atoms with Gasteiger partial charge in [0.05, 0.1) is 18.4 Å². The quantitative estimate of drug-likeness (QED) is 0.885. The fraction of sp³-hybridized carbons (Fsp3) is 0.500. The zero-order chi connectivity index (χ0) is 16.2. The SMILES string of the molecule is CCc1nccn1-c1cncc(C2CCCN(CC(N)=O)C2)n1. The van der Waals surface area contributed by atoms with Crippen molar-refractivity contribution in [1.82, 2.24) is 24.4 Å². The van der Waals surface area contributed by atoms with E-state index in [9.17, 15) is 4.79 Å². The molecule has 1 aliphatic rings. The van der Waals surface area contributed by atoms with Gasteiger partial charge in [0.25, 0.3) is 0 Å². The molecule has 0 aliphatic carbocycles. The van der Waals surface area contributed by atoms with E-state index in [0.29, 0.717) is 6.54 Å². The summed E-state index contributed by atoms with van der Waals surface area (Å²) in [4.78, 5) is 26.7. The number of amides is 1. The minimum Gasteiger partial charge on any atom is -0.369 e. The van der Waals surface area contributed by atoms with E-state index in [4.69, 9.17) is 10.7 Å². The third-order valence-corrected chi connectivity index (χ3v) is 4.22. The van der Waals surface area contributed by atoms with Gasteiger partial charge in [-0.05, 0) is 19.4 Å². The number of aromatic nitrogens is 4. The number of hydrogen-bond acceptors (Lipinski definition) is 5. The number of aryl methyl sites for hydroxylation is 1. The average molecular weight is 314 g/mol. The molecule has 1 atom stereocenters. The van der Waals surface area contributed by atoms with Gasteiger partial charge in [0.1, 0.15) is 5.82 Å². The lowest BCUT2D eigenvalue weighted by molar-refractivity contribution is -0.119. The van der Waals surface area contributed by atoms with Crippen molar-refractivity contribution in [1.29, 1.82) is 0 Å². The number of nitrogens with zero attached hydrogens (tertiary/aromatic N) is 5. The molecule has 1 amide bonds. The second-order valence-corrected chi connectivity index (χ2v) is 5.91. The van der Waals surface area contributed by atoms with Crippen molar-refractivity contribution < 1.29 is 4.79 Å². The first-order valence-electron chi connectivity index (χ1n) is 8.02. The number of nitrogens with two attached hydrogens (primary N) is 1. The number of hydrogen-bond donors (Lipinski definition) is 1. The smallest absolute Gasteiger partial charge is 0.231 e. The lowest BCUT2D eigenvalue weighted by Crippen LogP contribution is -2.40. The molecule has 1 aliphatic heterocycles. The Morgan fingerprint density at radius 3 is 3.09 bits per heavy atom. The first-order valence-corrected chi connectivity index (χ1v) is 8.02. The summed E-state index contributed by atoms with van der Waals surface area (Å²) in [6.45, 7) is 4.09. The van der Waals surface area contributed by atoms with Crippen LogP contribution in [0.2, 0.25) is 0 Å². The fourth-order valence-corrected chi connectivity index (χ4v) is 3.15. The van der Waals surface area contributed by atoms with Crippen molar-refractivity contribution in [2.45, 2.75) is 32.1 Å². The van der Waals surface area contributed by atoms with Crippen molar-refractivity contribution >= 4 is 5.91 Å². The molecule has 3 rings (SSSR count). The number of imidazole rings is 1. The van der Waals surface area contributed by atoms with Crippen LogP contribution in [0.4, 0.5) is 0 Å². The lowest BCUT2D eigenvalue weighted by Gasteiger charge is -2.31. The summed E-state index contributed by atoms with van der Waals surface area (Å²) < 4.78 is 1.97. The molecule has 0 bridgehead atoms. The predicted molar refractivity (Wildman–Crippen MR) is 86.1 cm³/mol. The number of carbonyl (C=O) groups excluding carboxylic acids is 1. The second kappa shape index (κ2) is 6.87. The second-order valence-electron chi connectivity index (χ2n) is 5.91. The number of likely N-dealkylation sites (tertiary alicyclic amines) is 1. The molecule has 0 saturated carbocycles. The fourth-order valence-electron chi connectivity index (χ4n) is 3.15. The molecule has 0 spiro atoms. The Morgan fingerprint density at radius 2 is 2.30 bits per heavy atom. The van der Waals surface area contributed by atoms with Crippen LogP contribution in [0.15, 0.2) is 24.8 Å². The Balaban J connectivity index is 1.81. The van der Waals surface area contributed by atoms with Crippen molar-refractivity contribution in [3.8, 4) is 5.82 Å². The van der Waals surface area contributed by atoms with E-state index < -0.39 is 0 Å². The molecule has 0 aromatic carbocycles. The Bertz CT molecular complexity index is 683. The van der Waals surface area contributed by atoms with Crippen LogP contribution < -0.4 is 5.73 Å². The minimum absolute atomic E-state index is 0.281. The first kappa shape index (κ1) is 15.6. The summed E-state index contributed by atoms with van der Waals surface area (Å²) in [6, 6.07) is 0. The molecule has 122 valence electrons. The standard InChI is InChI=1S/C16H22N6O/c1-2-15-19-5-7-22(15)16-9-18-8-13(20-16)12-4-3-6-21(10-12)11-14(17)23/h5,7-9,12H,2-4,6,10-11H2,1H3,(H2,17,23). The highest BCUT2D eigenvalue weighted by molar-refractivity contribution is 5.75. The molecule has 1 fully saturated rings. The largest absolute Gasteiger partial charge is 0.369 e. The Morgan fingerprint density at radius 1 is 1.43 bits per heavy atom. The molecule has 0 radical (unpaired) electrons. The molecular weight excluding hydrogens is 292 g/mol. The maximum Gasteiger partial charge on any atom is 0.231 e. The number of piperidine rings is 1. The van der Waals surface area contributed by atoms with Crippen molar-refractivity contribution in [2.75, 3.05) is 19.6 Å². The zero-order valence-corrected chi connectivity index (χ0v) is 13.4. The Labute approximate surface area is 135 Å². The number of rotatable bonds is 5. The molecule has 7 heteroatoms. The van der Waals surface area contributed by atoms with Crippen LogP contribution in [0.1, 0.15) is 37.2 Å². The molecule has 1 unspecified atom stereocenters. The topological polar surface area (TPSA) is 89.9 Å². The highest BCUT2D eigenvalue weighted by Crippen LogP contribution is 2.25. The average Bonchev–Trinajstić information content (AvgIpc) is 3.03. The summed E-state index contributed by atoms with van der Waals surface area (Å²) in [7, 11) is 0. The zero-order valence-electron chi connectivity index (χ0n) is 13.4. The minimum atomic E-state index is -0.281. The van der Waals surface area contributed by atoms with E-state index in [-0.39, 0.29) is 11.8 Å². The first-order chi connectivity index (χ1) is 11.2. The predicted octanol–water partition coefficient (Wildman–Crippen LogP) is 0.889. The van der Waals surface area contributed by atoms with Gasteiger partial charge in [-0.3, -0.25) is 19.2 Å². The van der Waals surface area contributed by atoms with Crippen LogP contribution in [-0.2, 0) is 11.2 Å². The molecular formula is C16H22N6O. The summed E-state index contributed by atoms with van der Waals surface area (Å²) in [5, 5.41) is 0. The molecule has 1 saturated heterocycles. The summed E-state index contributed by atoms with van der Waals surface area (Å²) in [6.07, 6.45) is 10.2. The van der Waals surface area contributed by atoms with E-state index in [0.717, 1.165) is 49.7 Å². The number of carbonyl (C=O) groups is 1. The van der Waals surface area contributed by atoms with Crippen LogP contribution in [0, 0.1) is 0 Å². The van der Waals surface area contributed by atoms with Crippen molar-refractivity contribution in [3.63, 3.8) is 0 Å². The normalized spacial score (nSPS) is 18.9. The van der Waals surface area contributed by atoms with Gasteiger partial charge in [0, 0.05) is 37.5 Å². The van der Waals surface area contributed by atoms with Crippen LogP contribution in [0.25, 0.3) is 5.82 Å². The van der Waals surface area contributed by atoms with Gasteiger partial charge in [0.15, 0.2) is 5.82 Å². The van der Waals surface area contributed by atoms with E-state index in [2.05, 4.69) is 21.8 Å². The summed E-state index contributed by atoms with van der Waals surface area (Å²) in [5.41, 5.74) is 6.27. The summed E-state index contributed by atoms with van der Waals surface area (Å²) in [5.74, 6) is 1.76. The highest BCUT2D eigenvalue weighted by Gasteiger charge is 2.24. The van der Waals surface area contributed by atoms with Gasteiger partial charge in [-0.1, -0.05) is 6.92 Å². The van der Waals surface area contributed by atoms with Gasteiger partial charge in [-0.2, -0.15) is 0 Å². The van der Waals surface area contributed by atoms with E-state index in [1.807, 2.05) is 17.0 Å². The molecule has 2 N–H and O–H groups in total. The maximum absolute atomic E-state index is 11.1. The van der Waals surface area contributed by atoms with Crippen LogP contribution >= 0.6 is 0 Å². The Kier molecular flexibility index (Phi) is 4.66. The molecule has 23 heavy (non-hydrogen) atoms. The van der Waals surface area contributed by atoms with Crippen LogP contribution in [-0.4, -0.2) is 50.0 Å². The molecule has 2 aromatic rings. The van der Waals surface area contributed by atoms with Crippen molar-refractivity contribution in [3.05, 3.63) is 36.3 Å². The van der Waals surface area contributed by atoms with Crippen LogP contribution in [0.5, 0.6) is 0 Å². The third kappa shape index (κ3) is 3.56. The monoisotopic (exact) mass is 314 g/mol. The van der Waals surface area contributed by atoms with E-state index in [1.165, 1.54) is 0 Å².